The molecular formula is C16H22ClN3O. The Bertz CT molecular complexity index is 504. The van der Waals surface area contributed by atoms with Gasteiger partial charge in [0, 0.05) is 42.9 Å². The van der Waals surface area contributed by atoms with Gasteiger partial charge >= 0.3 is 6.03 Å². The first-order chi connectivity index (χ1) is 10.2. The predicted octanol–water partition coefficient (Wildman–Crippen LogP) is 3.43. The van der Waals surface area contributed by atoms with Crippen molar-refractivity contribution >= 4 is 23.3 Å². The largest absolute Gasteiger partial charge is 0.323 e. The minimum Gasteiger partial charge on any atom is -0.323 e. The van der Waals surface area contributed by atoms with Crippen LogP contribution in [0.4, 0.5) is 10.5 Å². The lowest BCUT2D eigenvalue weighted by Gasteiger charge is -2.36. The van der Waals surface area contributed by atoms with Crippen molar-refractivity contribution < 1.29 is 4.79 Å². The zero-order valence-electron chi connectivity index (χ0n) is 12.2. The minimum absolute atomic E-state index is 0.0206. The third-order valence-electron chi connectivity index (χ3n) is 4.48. The number of halogens is 1. The first-order valence-corrected chi connectivity index (χ1v) is 8.16. The van der Waals surface area contributed by atoms with Crippen LogP contribution < -0.4 is 5.32 Å². The highest BCUT2D eigenvalue weighted by atomic mass is 35.5. The molecule has 1 aliphatic carbocycles. The fourth-order valence-corrected chi connectivity index (χ4v) is 3.22. The predicted molar refractivity (Wildman–Crippen MR) is 85.9 cm³/mol. The van der Waals surface area contributed by atoms with Crippen LogP contribution >= 0.6 is 11.6 Å². The van der Waals surface area contributed by atoms with E-state index in [9.17, 15) is 4.79 Å². The summed E-state index contributed by atoms with van der Waals surface area (Å²) in [5.74, 6) is 0. The molecule has 5 heteroatoms. The van der Waals surface area contributed by atoms with E-state index in [4.69, 9.17) is 11.6 Å². The second-order valence-corrected chi connectivity index (χ2v) is 6.34. The number of rotatable bonds is 2. The van der Waals surface area contributed by atoms with E-state index >= 15 is 0 Å². The van der Waals surface area contributed by atoms with Crippen molar-refractivity contribution in [1.29, 1.82) is 0 Å². The number of nitrogens with one attached hydrogen (secondary N) is 1. The molecule has 1 heterocycles. The van der Waals surface area contributed by atoms with Crippen molar-refractivity contribution in [2.75, 3.05) is 31.5 Å². The molecule has 1 saturated heterocycles. The van der Waals surface area contributed by atoms with Crippen LogP contribution in [0.5, 0.6) is 0 Å². The molecule has 0 unspecified atom stereocenters. The highest BCUT2D eigenvalue weighted by Crippen LogP contribution is 2.25. The Labute approximate surface area is 131 Å². The van der Waals surface area contributed by atoms with Crippen LogP contribution in [0.1, 0.15) is 25.7 Å². The average Bonchev–Trinajstić information content (AvgIpc) is 2.63. The van der Waals surface area contributed by atoms with E-state index < -0.39 is 0 Å². The van der Waals surface area contributed by atoms with Crippen LogP contribution in [0.25, 0.3) is 0 Å². The van der Waals surface area contributed by atoms with Gasteiger partial charge in [0.15, 0.2) is 0 Å². The van der Waals surface area contributed by atoms with Crippen molar-refractivity contribution in [3.8, 4) is 0 Å². The van der Waals surface area contributed by atoms with E-state index in [1.807, 2.05) is 17.0 Å². The third kappa shape index (κ3) is 3.69. The Hall–Kier alpha value is -1.26. The Morgan fingerprint density at radius 2 is 2.00 bits per heavy atom. The summed E-state index contributed by atoms with van der Waals surface area (Å²) < 4.78 is 0. The molecule has 2 fully saturated rings. The van der Waals surface area contributed by atoms with Crippen molar-refractivity contribution in [2.45, 2.75) is 31.7 Å². The summed E-state index contributed by atoms with van der Waals surface area (Å²) in [7, 11) is 0. The molecule has 0 bridgehead atoms. The number of carbonyl (C=O) groups excluding carboxylic acids is 1. The van der Waals surface area contributed by atoms with Crippen LogP contribution in [0.2, 0.25) is 5.02 Å². The summed E-state index contributed by atoms with van der Waals surface area (Å²) in [6.45, 7) is 3.75. The lowest BCUT2D eigenvalue weighted by Crippen LogP contribution is -2.43. The lowest BCUT2D eigenvalue weighted by molar-refractivity contribution is 0.132. The summed E-state index contributed by atoms with van der Waals surface area (Å²) in [6.07, 6.45) is 5.07. The van der Waals surface area contributed by atoms with Crippen molar-refractivity contribution in [3.05, 3.63) is 29.3 Å². The van der Waals surface area contributed by atoms with E-state index in [0.717, 1.165) is 44.3 Å². The van der Waals surface area contributed by atoms with Crippen molar-refractivity contribution in [1.82, 2.24) is 9.80 Å². The number of hydrogen-bond acceptors (Lipinski definition) is 2. The number of anilines is 1. The molecule has 21 heavy (non-hydrogen) atoms. The van der Waals surface area contributed by atoms with Crippen LogP contribution in [0, 0.1) is 0 Å². The van der Waals surface area contributed by atoms with Crippen LogP contribution in [0.15, 0.2) is 24.3 Å². The van der Waals surface area contributed by atoms with Crippen LogP contribution in [-0.4, -0.2) is 48.1 Å². The standard InChI is InChI=1S/C16H22ClN3O/c17-13-4-1-5-14(12-13)18-16(21)20-9-3-8-19(10-11-20)15-6-2-7-15/h1,4-5,12,15H,2-3,6-11H2,(H,18,21). The number of benzene rings is 1. The van der Waals surface area contributed by atoms with Gasteiger partial charge in [-0.05, 0) is 37.5 Å². The van der Waals surface area contributed by atoms with Gasteiger partial charge in [0.25, 0.3) is 0 Å². The molecule has 1 aromatic rings. The number of carbonyl (C=O) groups is 1. The second-order valence-electron chi connectivity index (χ2n) is 5.90. The van der Waals surface area contributed by atoms with E-state index in [1.165, 1.54) is 19.3 Å². The maximum absolute atomic E-state index is 12.3. The Morgan fingerprint density at radius 3 is 2.71 bits per heavy atom. The molecule has 1 saturated carbocycles. The van der Waals surface area contributed by atoms with Crippen LogP contribution in [-0.2, 0) is 0 Å². The third-order valence-corrected chi connectivity index (χ3v) is 4.72. The fraction of sp³-hybridized carbons (Fsp3) is 0.562. The van der Waals surface area contributed by atoms with E-state index in [1.54, 1.807) is 12.1 Å². The second kappa shape index (κ2) is 6.67. The molecular weight excluding hydrogens is 286 g/mol. The number of urea groups is 1. The van der Waals surface area contributed by atoms with Gasteiger partial charge in [-0.2, -0.15) is 0 Å². The van der Waals surface area contributed by atoms with Gasteiger partial charge in [-0.15, -0.1) is 0 Å². The Kier molecular flexibility index (Phi) is 4.66. The summed E-state index contributed by atoms with van der Waals surface area (Å²) >= 11 is 5.94. The number of nitrogens with zero attached hydrogens (tertiary/aromatic N) is 2. The van der Waals surface area contributed by atoms with Gasteiger partial charge < -0.3 is 10.2 Å². The van der Waals surface area contributed by atoms with E-state index in [0.29, 0.717) is 5.02 Å². The highest BCUT2D eigenvalue weighted by molar-refractivity contribution is 6.30. The average molecular weight is 308 g/mol. The molecule has 0 radical (unpaired) electrons. The molecule has 4 nitrogen and oxygen atoms in total. The molecule has 0 spiro atoms. The monoisotopic (exact) mass is 307 g/mol. The molecule has 114 valence electrons. The van der Waals surface area contributed by atoms with Gasteiger partial charge in [0.1, 0.15) is 0 Å². The molecule has 1 aliphatic heterocycles. The van der Waals surface area contributed by atoms with Gasteiger partial charge in [-0.1, -0.05) is 24.1 Å². The molecule has 2 amide bonds. The zero-order valence-corrected chi connectivity index (χ0v) is 13.0. The summed E-state index contributed by atoms with van der Waals surface area (Å²) in [4.78, 5) is 16.8. The fourth-order valence-electron chi connectivity index (χ4n) is 3.03. The van der Waals surface area contributed by atoms with Gasteiger partial charge in [-0.3, -0.25) is 4.90 Å². The summed E-state index contributed by atoms with van der Waals surface area (Å²) in [5.41, 5.74) is 0.757. The molecule has 2 aliphatic rings. The minimum atomic E-state index is -0.0206. The normalized spacial score (nSPS) is 20.7. The Morgan fingerprint density at radius 1 is 1.14 bits per heavy atom. The molecule has 1 aromatic carbocycles. The first kappa shape index (κ1) is 14.7. The van der Waals surface area contributed by atoms with Crippen molar-refractivity contribution in [2.24, 2.45) is 0 Å². The van der Waals surface area contributed by atoms with Crippen molar-refractivity contribution in [3.63, 3.8) is 0 Å². The lowest BCUT2D eigenvalue weighted by atomic mass is 9.91. The number of hydrogen-bond donors (Lipinski definition) is 1. The quantitative estimate of drug-likeness (QED) is 0.908. The molecule has 3 rings (SSSR count). The Balaban J connectivity index is 1.55. The smallest absolute Gasteiger partial charge is 0.321 e. The van der Waals surface area contributed by atoms with E-state index in [2.05, 4.69) is 10.2 Å². The summed E-state index contributed by atoms with van der Waals surface area (Å²) in [5, 5.41) is 3.58. The van der Waals surface area contributed by atoms with Gasteiger partial charge in [0.2, 0.25) is 0 Å². The maximum Gasteiger partial charge on any atom is 0.321 e. The molecule has 0 atom stereocenters. The van der Waals surface area contributed by atoms with Crippen LogP contribution in [0.3, 0.4) is 0 Å². The maximum atomic E-state index is 12.3. The van der Waals surface area contributed by atoms with Gasteiger partial charge in [-0.25, -0.2) is 4.79 Å². The molecule has 1 N–H and O–H groups in total. The summed E-state index contributed by atoms with van der Waals surface area (Å²) in [6, 6.07) is 8.03. The zero-order chi connectivity index (χ0) is 14.7. The first-order valence-electron chi connectivity index (χ1n) is 7.78. The highest BCUT2D eigenvalue weighted by Gasteiger charge is 2.27. The molecule has 0 aromatic heterocycles. The topological polar surface area (TPSA) is 35.6 Å². The SMILES string of the molecule is O=C(Nc1cccc(Cl)c1)N1CCCN(C2CCC2)CC1. The van der Waals surface area contributed by atoms with E-state index in [-0.39, 0.29) is 6.03 Å². The number of amides is 2. The van der Waals surface area contributed by atoms with Gasteiger partial charge in [0.05, 0.1) is 0 Å².